The average molecular weight is 263 g/mol. The van der Waals surface area contributed by atoms with Crippen LogP contribution in [0, 0.1) is 0 Å². The molecular formula is C13H17N3OS. The molecule has 0 aliphatic carbocycles. The van der Waals surface area contributed by atoms with Gasteiger partial charge in [-0.25, -0.2) is 4.98 Å². The molecule has 0 radical (unpaired) electrons. The summed E-state index contributed by atoms with van der Waals surface area (Å²) in [5.41, 5.74) is 0.981. The van der Waals surface area contributed by atoms with E-state index in [1.54, 1.807) is 10.9 Å². The third kappa shape index (κ3) is 2.86. The highest BCUT2D eigenvalue weighted by atomic mass is 32.1. The van der Waals surface area contributed by atoms with Crippen LogP contribution >= 0.6 is 11.3 Å². The van der Waals surface area contributed by atoms with Crippen LogP contribution in [0.5, 0.6) is 0 Å². The van der Waals surface area contributed by atoms with Crippen LogP contribution < -0.4 is 10.9 Å². The molecule has 5 heteroatoms. The van der Waals surface area contributed by atoms with E-state index in [9.17, 15) is 4.79 Å². The molecule has 0 saturated carbocycles. The Morgan fingerprint density at radius 2 is 2.39 bits per heavy atom. The fourth-order valence-electron chi connectivity index (χ4n) is 1.65. The average Bonchev–Trinajstić information content (AvgIpc) is 2.79. The van der Waals surface area contributed by atoms with E-state index in [0.717, 1.165) is 10.4 Å². The summed E-state index contributed by atoms with van der Waals surface area (Å²) in [5.74, 6) is 0. The van der Waals surface area contributed by atoms with Crippen molar-refractivity contribution in [3.8, 4) is 0 Å². The number of nitrogens with one attached hydrogen (secondary N) is 1. The predicted molar refractivity (Wildman–Crippen MR) is 76.2 cm³/mol. The Kier molecular flexibility index (Phi) is 3.93. The largest absolute Gasteiger partial charge is 0.311 e. The van der Waals surface area contributed by atoms with Crippen LogP contribution in [0.1, 0.15) is 13.8 Å². The second kappa shape index (κ2) is 5.46. The summed E-state index contributed by atoms with van der Waals surface area (Å²) >= 11 is 1.48. The van der Waals surface area contributed by atoms with Gasteiger partial charge < -0.3 is 5.32 Å². The molecule has 2 heterocycles. The molecule has 0 atom stereocenters. The van der Waals surface area contributed by atoms with Crippen LogP contribution in [0.2, 0.25) is 0 Å². The highest BCUT2D eigenvalue weighted by Gasteiger charge is 2.06. The Bertz CT molecular complexity index is 612. The number of thiophene rings is 1. The smallest absolute Gasteiger partial charge is 0.262 e. The van der Waals surface area contributed by atoms with E-state index in [-0.39, 0.29) is 5.56 Å². The number of hydrogen-bond donors (Lipinski definition) is 1. The molecule has 0 aliphatic rings. The van der Waals surface area contributed by atoms with Gasteiger partial charge in [-0.2, -0.15) is 0 Å². The molecule has 96 valence electrons. The van der Waals surface area contributed by atoms with Gasteiger partial charge in [0.25, 0.3) is 5.56 Å². The minimum atomic E-state index is 0.00643. The van der Waals surface area contributed by atoms with Crippen molar-refractivity contribution >= 4 is 21.6 Å². The molecule has 0 bridgehead atoms. The van der Waals surface area contributed by atoms with E-state index in [0.29, 0.717) is 24.5 Å². The quantitative estimate of drug-likeness (QED) is 0.839. The summed E-state index contributed by atoms with van der Waals surface area (Å²) in [5, 5.41) is 5.86. The molecule has 2 aromatic heterocycles. The van der Waals surface area contributed by atoms with Crippen LogP contribution in [-0.2, 0) is 6.54 Å². The molecule has 0 amide bonds. The van der Waals surface area contributed by atoms with Gasteiger partial charge in [0.05, 0.1) is 11.7 Å². The lowest BCUT2D eigenvalue weighted by molar-refractivity contribution is 0.599. The van der Waals surface area contributed by atoms with Gasteiger partial charge in [0.2, 0.25) is 0 Å². The van der Waals surface area contributed by atoms with Gasteiger partial charge in [-0.3, -0.25) is 9.36 Å². The maximum absolute atomic E-state index is 12.1. The summed E-state index contributed by atoms with van der Waals surface area (Å²) in [6, 6.07) is 2.23. The first-order chi connectivity index (χ1) is 8.58. The van der Waals surface area contributed by atoms with E-state index in [1.807, 2.05) is 11.4 Å². The maximum atomic E-state index is 12.1. The number of aromatic nitrogens is 2. The van der Waals surface area contributed by atoms with E-state index in [1.165, 1.54) is 11.3 Å². The summed E-state index contributed by atoms with van der Waals surface area (Å²) in [6.45, 7) is 9.37. The number of rotatable bonds is 5. The second-order valence-electron chi connectivity index (χ2n) is 4.60. The standard InChI is InChI=1S/C13H17N3OS/c1-9(2)14-6-10(3)7-16-8-15-12-11(13(16)17)4-5-18-12/h4-5,8-9,14H,3,6-7H2,1-2H3. The topological polar surface area (TPSA) is 46.9 Å². The van der Waals surface area contributed by atoms with Crippen LogP contribution in [0.15, 0.2) is 34.7 Å². The lowest BCUT2D eigenvalue weighted by atomic mass is 10.2. The Labute approximate surface area is 110 Å². The zero-order valence-electron chi connectivity index (χ0n) is 10.6. The minimum absolute atomic E-state index is 0.00643. The summed E-state index contributed by atoms with van der Waals surface area (Å²) in [6.07, 6.45) is 1.60. The summed E-state index contributed by atoms with van der Waals surface area (Å²) in [4.78, 5) is 17.2. The zero-order chi connectivity index (χ0) is 13.1. The Morgan fingerprint density at radius 3 is 3.11 bits per heavy atom. The number of nitrogens with zero attached hydrogens (tertiary/aromatic N) is 2. The molecule has 2 aromatic rings. The first-order valence-corrected chi connectivity index (χ1v) is 6.78. The molecule has 4 nitrogen and oxygen atoms in total. The third-order valence-corrected chi connectivity index (χ3v) is 3.43. The van der Waals surface area contributed by atoms with Crippen LogP contribution in [0.3, 0.4) is 0 Å². The van der Waals surface area contributed by atoms with Crippen LogP contribution in [0.4, 0.5) is 0 Å². The fourth-order valence-corrected chi connectivity index (χ4v) is 2.37. The predicted octanol–water partition coefficient (Wildman–Crippen LogP) is 2.01. The first-order valence-electron chi connectivity index (χ1n) is 5.90. The monoisotopic (exact) mass is 263 g/mol. The molecule has 0 aliphatic heterocycles. The molecule has 0 fully saturated rings. The Hall–Kier alpha value is -1.46. The molecule has 0 spiro atoms. The van der Waals surface area contributed by atoms with Crippen molar-refractivity contribution in [1.29, 1.82) is 0 Å². The van der Waals surface area contributed by atoms with Gasteiger partial charge >= 0.3 is 0 Å². The van der Waals surface area contributed by atoms with Gasteiger partial charge in [0, 0.05) is 19.1 Å². The molecular weight excluding hydrogens is 246 g/mol. The van der Waals surface area contributed by atoms with Gasteiger partial charge in [-0.1, -0.05) is 20.4 Å². The van der Waals surface area contributed by atoms with Crippen LogP contribution in [-0.4, -0.2) is 22.1 Å². The van der Waals surface area contributed by atoms with Crippen molar-refractivity contribution in [3.63, 3.8) is 0 Å². The highest BCUT2D eigenvalue weighted by molar-refractivity contribution is 7.16. The zero-order valence-corrected chi connectivity index (χ0v) is 11.5. The van der Waals surface area contributed by atoms with E-state index < -0.39 is 0 Å². The van der Waals surface area contributed by atoms with Gasteiger partial charge in [-0.15, -0.1) is 11.3 Å². The van der Waals surface area contributed by atoms with Crippen LogP contribution in [0.25, 0.3) is 10.2 Å². The second-order valence-corrected chi connectivity index (χ2v) is 5.50. The van der Waals surface area contributed by atoms with Crippen molar-refractivity contribution in [2.45, 2.75) is 26.4 Å². The molecule has 0 saturated heterocycles. The Morgan fingerprint density at radius 1 is 1.61 bits per heavy atom. The number of fused-ring (bicyclic) bond motifs is 1. The van der Waals surface area contributed by atoms with E-state index in [4.69, 9.17) is 0 Å². The third-order valence-electron chi connectivity index (χ3n) is 2.60. The van der Waals surface area contributed by atoms with E-state index in [2.05, 4.69) is 30.7 Å². The summed E-state index contributed by atoms with van der Waals surface area (Å²) in [7, 11) is 0. The lowest BCUT2D eigenvalue weighted by Gasteiger charge is -2.11. The fraction of sp³-hybridized carbons (Fsp3) is 0.385. The number of hydrogen-bond acceptors (Lipinski definition) is 4. The normalized spacial score (nSPS) is 11.3. The maximum Gasteiger partial charge on any atom is 0.262 e. The van der Waals surface area contributed by atoms with Crippen molar-refractivity contribution in [3.05, 3.63) is 40.3 Å². The van der Waals surface area contributed by atoms with Gasteiger partial charge in [0.1, 0.15) is 4.83 Å². The summed E-state index contributed by atoms with van der Waals surface area (Å²) < 4.78 is 1.61. The van der Waals surface area contributed by atoms with Crippen molar-refractivity contribution < 1.29 is 0 Å². The van der Waals surface area contributed by atoms with Crippen molar-refractivity contribution in [1.82, 2.24) is 14.9 Å². The van der Waals surface area contributed by atoms with Gasteiger partial charge in [-0.05, 0) is 17.0 Å². The van der Waals surface area contributed by atoms with Gasteiger partial charge in [0.15, 0.2) is 0 Å². The lowest BCUT2D eigenvalue weighted by Crippen LogP contribution is -2.28. The highest BCUT2D eigenvalue weighted by Crippen LogP contribution is 2.13. The molecule has 2 rings (SSSR count). The molecule has 18 heavy (non-hydrogen) atoms. The molecule has 0 unspecified atom stereocenters. The van der Waals surface area contributed by atoms with Crippen molar-refractivity contribution in [2.75, 3.05) is 6.54 Å². The minimum Gasteiger partial charge on any atom is -0.311 e. The first kappa shape index (κ1) is 13.0. The van der Waals surface area contributed by atoms with E-state index >= 15 is 0 Å². The molecule has 0 aromatic carbocycles. The SMILES string of the molecule is C=C(CNC(C)C)Cn1cnc2sccc2c1=O. The Balaban J connectivity index is 2.14. The van der Waals surface area contributed by atoms with Crippen molar-refractivity contribution in [2.24, 2.45) is 0 Å². The molecule has 1 N–H and O–H groups in total.